The van der Waals surface area contributed by atoms with Gasteiger partial charge in [-0.2, -0.15) is 0 Å². The van der Waals surface area contributed by atoms with E-state index in [0.29, 0.717) is 11.1 Å². The molecule has 0 saturated heterocycles. The van der Waals surface area contributed by atoms with Crippen molar-refractivity contribution >= 4 is 17.7 Å². The van der Waals surface area contributed by atoms with Crippen LogP contribution in [0.1, 0.15) is 56.5 Å². The minimum Gasteiger partial charge on any atom is -0.459 e. The number of benzene rings is 2. The quantitative estimate of drug-likeness (QED) is 0.463. The number of rotatable bonds is 7. The lowest BCUT2D eigenvalue weighted by molar-refractivity contribution is -0.145. The summed E-state index contributed by atoms with van der Waals surface area (Å²) in [6, 6.07) is 16.4. The molecule has 0 radical (unpaired) electrons. The van der Waals surface area contributed by atoms with Crippen molar-refractivity contribution in [1.82, 2.24) is 5.32 Å². The van der Waals surface area contributed by atoms with E-state index in [1.165, 1.54) is 29.9 Å². The number of ketones is 1. The third-order valence-corrected chi connectivity index (χ3v) is 5.41. The Morgan fingerprint density at radius 3 is 2.45 bits per heavy atom. The van der Waals surface area contributed by atoms with Crippen LogP contribution in [0, 0.1) is 0 Å². The van der Waals surface area contributed by atoms with Crippen molar-refractivity contribution in [2.45, 2.75) is 31.7 Å². The predicted molar refractivity (Wildman–Crippen MR) is 114 cm³/mol. The van der Waals surface area contributed by atoms with Crippen LogP contribution in [0.5, 0.6) is 0 Å². The number of amides is 1. The van der Waals surface area contributed by atoms with Gasteiger partial charge >= 0.3 is 5.97 Å². The summed E-state index contributed by atoms with van der Waals surface area (Å²) in [5, 5.41) is 2.62. The van der Waals surface area contributed by atoms with E-state index in [-0.39, 0.29) is 11.5 Å². The minimum atomic E-state index is -1.06. The lowest BCUT2D eigenvalue weighted by atomic mass is 9.90. The van der Waals surface area contributed by atoms with Crippen molar-refractivity contribution in [1.29, 1.82) is 0 Å². The van der Waals surface area contributed by atoms with Crippen LogP contribution in [0.15, 0.2) is 71.3 Å². The van der Waals surface area contributed by atoms with Gasteiger partial charge < -0.3 is 14.5 Å². The number of carbonyl (C=O) groups is 3. The van der Waals surface area contributed by atoms with E-state index in [2.05, 4.69) is 5.32 Å². The topological polar surface area (TPSA) is 85.6 Å². The van der Waals surface area contributed by atoms with Crippen LogP contribution in [-0.4, -0.2) is 24.3 Å². The lowest BCUT2D eigenvalue weighted by Crippen LogP contribution is -2.35. The second-order valence-electron chi connectivity index (χ2n) is 7.52. The summed E-state index contributed by atoms with van der Waals surface area (Å²) in [5.74, 6) is -1.45. The number of furan rings is 1. The molecule has 0 spiro atoms. The molecule has 6 heteroatoms. The third kappa shape index (κ3) is 4.91. The van der Waals surface area contributed by atoms with Crippen molar-refractivity contribution in [3.05, 3.63) is 94.9 Å². The molecule has 1 N–H and O–H groups in total. The van der Waals surface area contributed by atoms with E-state index in [4.69, 9.17) is 9.15 Å². The van der Waals surface area contributed by atoms with Crippen LogP contribution >= 0.6 is 0 Å². The Hall–Kier alpha value is -3.67. The highest BCUT2D eigenvalue weighted by Crippen LogP contribution is 2.23. The molecule has 1 amide bonds. The van der Waals surface area contributed by atoms with Gasteiger partial charge in [-0.3, -0.25) is 9.59 Å². The Kier molecular flexibility index (Phi) is 6.26. The summed E-state index contributed by atoms with van der Waals surface area (Å²) in [6.07, 6.45) is 5.66. The van der Waals surface area contributed by atoms with Crippen molar-refractivity contribution in [3.63, 3.8) is 0 Å². The number of nitrogens with one attached hydrogen (secondary N) is 1. The first-order valence-electron chi connectivity index (χ1n) is 10.3. The molecule has 158 valence electrons. The van der Waals surface area contributed by atoms with Gasteiger partial charge in [0, 0.05) is 5.56 Å². The van der Waals surface area contributed by atoms with Gasteiger partial charge in [0.25, 0.3) is 5.91 Å². The van der Waals surface area contributed by atoms with Gasteiger partial charge in [0.15, 0.2) is 24.2 Å². The number of fused-ring (bicyclic) bond motifs is 1. The number of carbonyl (C=O) groups excluding carboxylic acids is 3. The zero-order valence-corrected chi connectivity index (χ0v) is 17.0. The third-order valence-electron chi connectivity index (χ3n) is 5.41. The van der Waals surface area contributed by atoms with Crippen LogP contribution in [-0.2, 0) is 22.4 Å². The molecule has 2 aromatic carbocycles. The SMILES string of the molecule is O=C(COC(=O)C(NC(=O)c1ccco1)c1ccccc1)c1ccc2c(c1)CCCC2. The summed E-state index contributed by atoms with van der Waals surface area (Å²) >= 11 is 0. The Labute approximate surface area is 180 Å². The Morgan fingerprint density at radius 1 is 0.935 bits per heavy atom. The molecule has 1 aromatic heterocycles. The molecule has 0 saturated carbocycles. The second-order valence-corrected chi connectivity index (χ2v) is 7.52. The summed E-state index contributed by atoms with van der Waals surface area (Å²) < 4.78 is 10.4. The summed E-state index contributed by atoms with van der Waals surface area (Å²) in [6.45, 7) is -0.391. The van der Waals surface area contributed by atoms with E-state index in [9.17, 15) is 14.4 Å². The molecule has 0 bridgehead atoms. The molecule has 6 nitrogen and oxygen atoms in total. The molecule has 31 heavy (non-hydrogen) atoms. The van der Waals surface area contributed by atoms with Crippen molar-refractivity contribution in [2.75, 3.05) is 6.61 Å². The number of ether oxygens (including phenoxy) is 1. The molecular formula is C25H23NO5. The van der Waals surface area contributed by atoms with E-state index < -0.39 is 24.5 Å². The summed E-state index contributed by atoms with van der Waals surface area (Å²) in [4.78, 5) is 37.8. The van der Waals surface area contributed by atoms with E-state index in [1.807, 2.05) is 12.1 Å². The van der Waals surface area contributed by atoms with E-state index in [1.54, 1.807) is 42.5 Å². The van der Waals surface area contributed by atoms with Crippen LogP contribution < -0.4 is 5.32 Å². The van der Waals surface area contributed by atoms with Crippen LogP contribution in [0.2, 0.25) is 0 Å². The summed E-state index contributed by atoms with van der Waals surface area (Å²) in [5.41, 5.74) is 3.55. The first-order valence-corrected chi connectivity index (χ1v) is 10.3. The van der Waals surface area contributed by atoms with Gasteiger partial charge in [-0.15, -0.1) is 0 Å². The highest BCUT2D eigenvalue weighted by atomic mass is 16.5. The summed E-state index contributed by atoms with van der Waals surface area (Å²) in [7, 11) is 0. The van der Waals surface area contributed by atoms with Crippen LogP contribution in [0.25, 0.3) is 0 Å². The van der Waals surface area contributed by atoms with Gasteiger partial charge in [0.1, 0.15) is 0 Å². The standard InChI is InChI=1S/C25H23NO5/c27-21(20-13-12-17-7-4-5-10-19(17)15-20)16-31-25(29)23(18-8-2-1-3-9-18)26-24(28)22-11-6-14-30-22/h1-3,6,8-9,11-15,23H,4-5,7,10,16H2,(H,26,28). The number of hydrogen-bond acceptors (Lipinski definition) is 5. The molecule has 4 rings (SSSR count). The molecule has 0 aliphatic heterocycles. The van der Waals surface area contributed by atoms with Gasteiger partial charge in [-0.1, -0.05) is 42.5 Å². The zero-order valence-electron chi connectivity index (χ0n) is 17.0. The highest BCUT2D eigenvalue weighted by molar-refractivity contribution is 5.99. The number of esters is 1. The fourth-order valence-electron chi connectivity index (χ4n) is 3.74. The molecule has 0 fully saturated rings. The Morgan fingerprint density at radius 2 is 1.71 bits per heavy atom. The van der Waals surface area contributed by atoms with Gasteiger partial charge in [0.2, 0.25) is 0 Å². The van der Waals surface area contributed by atoms with Gasteiger partial charge in [-0.25, -0.2) is 4.79 Å². The normalized spacial score (nSPS) is 13.7. The van der Waals surface area contributed by atoms with Crippen LogP contribution in [0.3, 0.4) is 0 Å². The molecule has 1 aliphatic rings. The molecule has 1 unspecified atom stereocenters. The fourth-order valence-corrected chi connectivity index (χ4v) is 3.74. The zero-order chi connectivity index (χ0) is 21.6. The Balaban J connectivity index is 1.44. The Bertz CT molecular complexity index is 1070. The molecule has 1 aliphatic carbocycles. The average Bonchev–Trinajstić information content (AvgIpc) is 3.36. The van der Waals surface area contributed by atoms with Gasteiger partial charge in [-0.05, 0) is 60.6 Å². The van der Waals surface area contributed by atoms with Crippen molar-refractivity contribution < 1.29 is 23.5 Å². The number of Topliss-reactive ketones (excluding diaryl/α,β-unsaturated/α-hetero) is 1. The first-order chi connectivity index (χ1) is 15.1. The highest BCUT2D eigenvalue weighted by Gasteiger charge is 2.26. The monoisotopic (exact) mass is 417 g/mol. The first kappa shape index (κ1) is 20.6. The van der Waals surface area contributed by atoms with Gasteiger partial charge in [0.05, 0.1) is 6.26 Å². The van der Waals surface area contributed by atoms with Crippen molar-refractivity contribution in [2.24, 2.45) is 0 Å². The van der Waals surface area contributed by atoms with E-state index in [0.717, 1.165) is 19.3 Å². The number of hydrogen-bond donors (Lipinski definition) is 1. The smallest absolute Gasteiger partial charge is 0.333 e. The predicted octanol–water partition coefficient (Wildman–Crippen LogP) is 4.06. The van der Waals surface area contributed by atoms with E-state index >= 15 is 0 Å². The molecule has 3 aromatic rings. The molecule has 1 heterocycles. The number of aryl methyl sites for hydroxylation is 2. The maximum Gasteiger partial charge on any atom is 0.333 e. The molecule has 1 atom stereocenters. The average molecular weight is 417 g/mol. The fraction of sp³-hybridized carbons (Fsp3) is 0.240. The largest absolute Gasteiger partial charge is 0.459 e. The van der Waals surface area contributed by atoms with Crippen LogP contribution in [0.4, 0.5) is 0 Å². The maximum absolute atomic E-state index is 12.8. The second kappa shape index (κ2) is 9.43. The van der Waals surface area contributed by atoms with Crippen molar-refractivity contribution in [3.8, 4) is 0 Å². The lowest BCUT2D eigenvalue weighted by Gasteiger charge is -2.18. The molecular weight excluding hydrogens is 394 g/mol. The minimum absolute atomic E-state index is 0.0823. The maximum atomic E-state index is 12.8.